The molecule has 0 aromatic carbocycles. The van der Waals surface area contributed by atoms with Crippen LogP contribution < -0.4 is 11.1 Å². The van der Waals surface area contributed by atoms with Gasteiger partial charge in [-0.1, -0.05) is 12.2 Å². The van der Waals surface area contributed by atoms with E-state index in [0.717, 1.165) is 48.6 Å². The third kappa shape index (κ3) is 3.42. The maximum atomic E-state index is 5.84. The quantitative estimate of drug-likeness (QED) is 0.826. The summed E-state index contributed by atoms with van der Waals surface area (Å²) in [4.78, 5) is 7.34. The third-order valence-electron chi connectivity index (χ3n) is 3.65. The second-order valence-electron chi connectivity index (χ2n) is 5.39. The van der Waals surface area contributed by atoms with E-state index >= 15 is 0 Å². The van der Waals surface area contributed by atoms with Crippen molar-refractivity contribution in [3.63, 3.8) is 0 Å². The van der Waals surface area contributed by atoms with Crippen LogP contribution >= 0.6 is 12.2 Å². The van der Waals surface area contributed by atoms with Gasteiger partial charge in [0.05, 0.1) is 5.56 Å². The van der Waals surface area contributed by atoms with Gasteiger partial charge in [0.25, 0.3) is 0 Å². The fraction of sp³-hybridized carbons (Fsp3) is 0.571. The monoisotopic (exact) mass is 278 g/mol. The van der Waals surface area contributed by atoms with Gasteiger partial charge in [0.1, 0.15) is 10.8 Å². The average molecular weight is 278 g/mol. The third-order valence-corrected chi connectivity index (χ3v) is 3.85. The van der Waals surface area contributed by atoms with Gasteiger partial charge in [0, 0.05) is 11.7 Å². The summed E-state index contributed by atoms with van der Waals surface area (Å²) in [6, 6.07) is 2.48. The highest BCUT2D eigenvalue weighted by atomic mass is 32.1. The van der Waals surface area contributed by atoms with Crippen molar-refractivity contribution in [3.05, 3.63) is 22.9 Å². The van der Waals surface area contributed by atoms with Crippen molar-refractivity contribution in [2.24, 2.45) is 5.73 Å². The van der Waals surface area contributed by atoms with Crippen molar-refractivity contribution < 1.29 is 0 Å². The Kier molecular flexibility index (Phi) is 4.37. The smallest absolute Gasteiger partial charge is 0.136 e. The number of thiocarbonyl (C=S) groups is 1. The minimum atomic E-state index is 0.417. The molecule has 0 atom stereocenters. The Bertz CT molecular complexity index is 479. The Labute approximate surface area is 120 Å². The van der Waals surface area contributed by atoms with Crippen LogP contribution in [0.5, 0.6) is 0 Å². The van der Waals surface area contributed by atoms with Gasteiger partial charge in [0.15, 0.2) is 0 Å². The van der Waals surface area contributed by atoms with E-state index in [-0.39, 0.29) is 0 Å². The molecule has 1 aromatic heterocycles. The van der Waals surface area contributed by atoms with Crippen LogP contribution in [0.15, 0.2) is 6.07 Å². The Balaban J connectivity index is 2.21. The van der Waals surface area contributed by atoms with Gasteiger partial charge in [-0.15, -0.1) is 0 Å². The predicted octanol–water partition coefficient (Wildman–Crippen LogP) is 1.84. The molecule has 0 aliphatic carbocycles. The van der Waals surface area contributed by atoms with E-state index in [0.29, 0.717) is 11.0 Å². The number of anilines is 1. The summed E-state index contributed by atoms with van der Waals surface area (Å²) in [5.74, 6) is 0.847. The molecule has 1 aliphatic heterocycles. The molecule has 0 saturated carbocycles. The number of hydrogen-bond donors (Lipinski definition) is 2. The summed E-state index contributed by atoms with van der Waals surface area (Å²) in [5, 5.41) is 3.53. The minimum Gasteiger partial charge on any atom is -0.389 e. The Morgan fingerprint density at radius 3 is 2.63 bits per heavy atom. The molecule has 0 bridgehead atoms. The Hall–Kier alpha value is -1.20. The van der Waals surface area contributed by atoms with Gasteiger partial charge in [-0.05, 0) is 58.5 Å². The van der Waals surface area contributed by atoms with Crippen molar-refractivity contribution >= 4 is 23.0 Å². The van der Waals surface area contributed by atoms with Gasteiger partial charge in [-0.3, -0.25) is 0 Å². The lowest BCUT2D eigenvalue weighted by Crippen LogP contribution is -2.37. The zero-order chi connectivity index (χ0) is 14.0. The van der Waals surface area contributed by atoms with Crippen LogP contribution in [0, 0.1) is 13.8 Å². The second-order valence-corrected chi connectivity index (χ2v) is 5.83. The molecule has 2 rings (SSSR count). The highest BCUT2D eigenvalue weighted by Crippen LogP contribution is 2.22. The molecule has 0 spiro atoms. The molecular formula is C14H22N4S. The lowest BCUT2D eigenvalue weighted by atomic mass is 10.0. The minimum absolute atomic E-state index is 0.417. The number of pyridine rings is 1. The van der Waals surface area contributed by atoms with Crippen molar-refractivity contribution in [1.29, 1.82) is 0 Å². The summed E-state index contributed by atoms with van der Waals surface area (Å²) >= 11 is 5.16. The van der Waals surface area contributed by atoms with Crippen LogP contribution in [0.1, 0.15) is 29.7 Å². The first-order chi connectivity index (χ1) is 8.97. The number of piperidine rings is 1. The lowest BCUT2D eigenvalue weighted by molar-refractivity contribution is 0.263. The number of rotatable bonds is 3. The Morgan fingerprint density at radius 2 is 2.05 bits per heavy atom. The number of aromatic nitrogens is 1. The predicted molar refractivity (Wildman–Crippen MR) is 83.7 cm³/mol. The van der Waals surface area contributed by atoms with E-state index in [1.807, 2.05) is 19.9 Å². The number of nitrogens with one attached hydrogen (secondary N) is 1. The number of likely N-dealkylation sites (tertiary alicyclic amines) is 1. The fourth-order valence-electron chi connectivity index (χ4n) is 2.60. The number of nitrogens with zero attached hydrogens (tertiary/aromatic N) is 2. The highest BCUT2D eigenvalue weighted by Gasteiger charge is 2.19. The molecule has 1 saturated heterocycles. The van der Waals surface area contributed by atoms with E-state index in [1.165, 1.54) is 0 Å². The van der Waals surface area contributed by atoms with Crippen LogP contribution in [0.25, 0.3) is 0 Å². The summed E-state index contributed by atoms with van der Waals surface area (Å²) < 4.78 is 0. The van der Waals surface area contributed by atoms with Gasteiger partial charge in [-0.2, -0.15) is 0 Å². The maximum Gasteiger partial charge on any atom is 0.136 e. The molecule has 5 heteroatoms. The van der Waals surface area contributed by atoms with Crippen molar-refractivity contribution in [2.45, 2.75) is 32.7 Å². The number of aryl methyl sites for hydroxylation is 2. The SMILES string of the molecule is Cc1cc(C)c(C(N)=S)c(NC2CCN(C)CC2)n1. The Morgan fingerprint density at radius 1 is 1.42 bits per heavy atom. The standard InChI is InChI=1S/C14H22N4S/c1-9-8-10(2)16-14(12(9)13(15)19)17-11-4-6-18(3)7-5-11/h8,11H,4-7H2,1-3H3,(H2,15,19)(H,16,17). The molecule has 1 aliphatic rings. The molecule has 0 radical (unpaired) electrons. The van der Waals surface area contributed by atoms with E-state index < -0.39 is 0 Å². The van der Waals surface area contributed by atoms with Gasteiger partial charge >= 0.3 is 0 Å². The van der Waals surface area contributed by atoms with Crippen LogP contribution in [0.2, 0.25) is 0 Å². The van der Waals surface area contributed by atoms with Gasteiger partial charge in [0.2, 0.25) is 0 Å². The first kappa shape index (κ1) is 14.2. The molecule has 104 valence electrons. The van der Waals surface area contributed by atoms with E-state index in [9.17, 15) is 0 Å². The van der Waals surface area contributed by atoms with Crippen LogP contribution in [-0.4, -0.2) is 41.1 Å². The topological polar surface area (TPSA) is 54.2 Å². The maximum absolute atomic E-state index is 5.84. The summed E-state index contributed by atoms with van der Waals surface area (Å²) in [6.45, 7) is 6.26. The normalized spacial score (nSPS) is 17.4. The van der Waals surface area contributed by atoms with Gasteiger partial charge in [-0.25, -0.2) is 4.98 Å². The van der Waals surface area contributed by atoms with Crippen LogP contribution in [-0.2, 0) is 0 Å². The molecule has 19 heavy (non-hydrogen) atoms. The van der Waals surface area contributed by atoms with Crippen molar-refractivity contribution in [2.75, 3.05) is 25.5 Å². The molecule has 2 heterocycles. The van der Waals surface area contributed by atoms with Gasteiger partial charge < -0.3 is 16.0 Å². The molecule has 3 N–H and O–H groups in total. The summed E-state index contributed by atoms with van der Waals surface area (Å²) in [5.41, 5.74) is 8.81. The second kappa shape index (κ2) is 5.84. The lowest BCUT2D eigenvalue weighted by Gasteiger charge is -2.30. The highest BCUT2D eigenvalue weighted by molar-refractivity contribution is 7.80. The largest absolute Gasteiger partial charge is 0.389 e. The van der Waals surface area contributed by atoms with E-state index in [1.54, 1.807) is 0 Å². The average Bonchev–Trinajstić information content (AvgIpc) is 2.30. The molecular weight excluding hydrogens is 256 g/mol. The number of hydrogen-bond acceptors (Lipinski definition) is 4. The first-order valence-electron chi connectivity index (χ1n) is 6.70. The van der Waals surface area contributed by atoms with E-state index in [2.05, 4.69) is 22.2 Å². The molecule has 1 aromatic rings. The molecule has 4 nitrogen and oxygen atoms in total. The molecule has 0 amide bonds. The molecule has 1 fully saturated rings. The molecule has 0 unspecified atom stereocenters. The summed E-state index contributed by atoms with van der Waals surface area (Å²) in [6.07, 6.45) is 2.25. The zero-order valence-corrected chi connectivity index (χ0v) is 12.7. The van der Waals surface area contributed by atoms with Crippen molar-refractivity contribution in [1.82, 2.24) is 9.88 Å². The summed E-state index contributed by atoms with van der Waals surface area (Å²) in [7, 11) is 2.16. The first-order valence-corrected chi connectivity index (χ1v) is 7.11. The van der Waals surface area contributed by atoms with Crippen molar-refractivity contribution in [3.8, 4) is 0 Å². The zero-order valence-electron chi connectivity index (χ0n) is 11.9. The van der Waals surface area contributed by atoms with E-state index in [4.69, 9.17) is 18.0 Å². The number of nitrogens with two attached hydrogens (primary N) is 1. The fourth-order valence-corrected chi connectivity index (χ4v) is 2.86. The van der Waals surface area contributed by atoms with Crippen LogP contribution in [0.3, 0.4) is 0 Å². The van der Waals surface area contributed by atoms with Crippen LogP contribution in [0.4, 0.5) is 5.82 Å².